The number of hydrogen-bond acceptors (Lipinski definition) is 3. The molecule has 0 amide bonds. The van der Waals surface area contributed by atoms with E-state index in [-0.39, 0.29) is 11.3 Å². The van der Waals surface area contributed by atoms with Gasteiger partial charge in [0.1, 0.15) is 0 Å². The lowest BCUT2D eigenvalue weighted by Gasteiger charge is -2.57. The first-order valence-corrected chi connectivity index (χ1v) is 17.8. The van der Waals surface area contributed by atoms with Crippen LogP contribution in [0.4, 0.5) is 0 Å². The predicted octanol–water partition coefficient (Wildman–Crippen LogP) is 9.19. The van der Waals surface area contributed by atoms with Gasteiger partial charge in [-0.3, -0.25) is 0 Å². The molecule has 6 atom stereocenters. The van der Waals surface area contributed by atoms with Gasteiger partial charge < -0.3 is 14.3 Å². The van der Waals surface area contributed by atoms with Crippen molar-refractivity contribution in [3.63, 3.8) is 0 Å². The van der Waals surface area contributed by atoms with Gasteiger partial charge in [0.2, 0.25) is 0 Å². The molecule has 0 spiro atoms. The van der Waals surface area contributed by atoms with Gasteiger partial charge in [-0.05, 0) is 64.6 Å². The standard InChI is InChI=1S/C35H58O3Si/c1-25(2)33(24-38-39(26(3)4,27(5)6)28(7)8)32-21-34(10)18-17-31(32)20-35(34,36)19-16-29(9)22-37-23-30-14-12-11-13-15-30/h11-19,25-29,31-33,36H,20-24H2,1-10H3/b19-16+/t29-,31-,32-,33-,34+,35-/m0/s1. The van der Waals surface area contributed by atoms with Gasteiger partial charge in [0.25, 0.3) is 0 Å². The molecule has 220 valence electrons. The smallest absolute Gasteiger partial charge is 0.200 e. The van der Waals surface area contributed by atoms with E-state index in [0.29, 0.717) is 53.5 Å². The molecule has 0 aliphatic heterocycles. The minimum absolute atomic E-state index is 0.250. The highest BCUT2D eigenvalue weighted by atomic mass is 28.4. The van der Waals surface area contributed by atoms with E-state index in [9.17, 15) is 5.11 Å². The highest BCUT2D eigenvalue weighted by Crippen LogP contribution is 2.58. The summed E-state index contributed by atoms with van der Waals surface area (Å²) in [5.74, 6) is 2.23. The third-order valence-corrected chi connectivity index (χ3v) is 16.4. The number of aliphatic hydroxyl groups is 1. The van der Waals surface area contributed by atoms with Gasteiger partial charge in [0.15, 0.2) is 8.32 Å². The van der Waals surface area contributed by atoms with Gasteiger partial charge >= 0.3 is 0 Å². The monoisotopic (exact) mass is 554 g/mol. The maximum absolute atomic E-state index is 12.0. The molecule has 0 heterocycles. The average molecular weight is 555 g/mol. The molecule has 1 aromatic carbocycles. The summed E-state index contributed by atoms with van der Waals surface area (Å²) < 4.78 is 13.1. The Kier molecular flexibility index (Phi) is 10.9. The van der Waals surface area contributed by atoms with Crippen LogP contribution in [0.25, 0.3) is 0 Å². The zero-order valence-corrected chi connectivity index (χ0v) is 27.6. The highest BCUT2D eigenvalue weighted by Gasteiger charge is 2.56. The summed E-state index contributed by atoms with van der Waals surface area (Å²) in [4.78, 5) is 0. The number of ether oxygens (including phenoxy) is 1. The first-order chi connectivity index (χ1) is 18.3. The molecule has 2 bridgehead atoms. The van der Waals surface area contributed by atoms with Gasteiger partial charge in [0, 0.05) is 12.0 Å². The summed E-state index contributed by atoms with van der Waals surface area (Å²) in [6, 6.07) is 10.3. The fourth-order valence-electron chi connectivity index (χ4n) is 7.91. The van der Waals surface area contributed by atoms with E-state index < -0.39 is 13.9 Å². The number of rotatable bonds is 14. The molecule has 3 aliphatic carbocycles. The molecule has 3 aliphatic rings. The minimum atomic E-state index is -1.92. The van der Waals surface area contributed by atoms with Crippen molar-refractivity contribution in [2.45, 2.75) is 111 Å². The van der Waals surface area contributed by atoms with E-state index in [2.05, 4.69) is 106 Å². The number of hydrogen-bond donors (Lipinski definition) is 1. The summed E-state index contributed by atoms with van der Waals surface area (Å²) >= 11 is 0. The Morgan fingerprint density at radius 1 is 0.923 bits per heavy atom. The second kappa shape index (κ2) is 13.2. The van der Waals surface area contributed by atoms with Crippen molar-refractivity contribution in [2.24, 2.45) is 35.0 Å². The molecule has 1 saturated carbocycles. The molecule has 4 rings (SSSR count). The summed E-state index contributed by atoms with van der Waals surface area (Å²) in [5, 5.41) is 12.0. The van der Waals surface area contributed by atoms with Crippen molar-refractivity contribution in [1.29, 1.82) is 0 Å². The van der Waals surface area contributed by atoms with Gasteiger partial charge in [-0.1, -0.05) is 124 Å². The largest absolute Gasteiger partial charge is 0.416 e. The summed E-state index contributed by atoms with van der Waals surface area (Å²) in [7, 11) is -1.92. The van der Waals surface area contributed by atoms with E-state index in [0.717, 1.165) is 19.4 Å². The molecule has 1 N–H and O–H groups in total. The molecule has 0 radical (unpaired) electrons. The lowest BCUT2D eigenvalue weighted by Crippen LogP contribution is -2.56. The molecule has 0 aromatic heterocycles. The van der Waals surface area contributed by atoms with Crippen molar-refractivity contribution in [3.05, 3.63) is 60.2 Å². The topological polar surface area (TPSA) is 38.7 Å². The Hall–Kier alpha value is -1.20. The van der Waals surface area contributed by atoms with Crippen molar-refractivity contribution >= 4 is 8.32 Å². The minimum Gasteiger partial charge on any atom is -0.416 e. The van der Waals surface area contributed by atoms with Crippen LogP contribution in [0, 0.1) is 35.0 Å². The maximum atomic E-state index is 12.0. The normalized spacial score (nSPS) is 28.9. The maximum Gasteiger partial charge on any atom is 0.200 e. The van der Waals surface area contributed by atoms with Crippen LogP contribution < -0.4 is 0 Å². The van der Waals surface area contributed by atoms with E-state index in [1.165, 1.54) is 5.56 Å². The number of benzene rings is 1. The lowest BCUT2D eigenvalue weighted by atomic mass is 9.51. The van der Waals surface area contributed by atoms with Crippen molar-refractivity contribution in [3.8, 4) is 0 Å². The van der Waals surface area contributed by atoms with Crippen LogP contribution in [0.1, 0.15) is 87.6 Å². The Labute approximate surface area is 241 Å². The molecule has 4 heteroatoms. The summed E-state index contributed by atoms with van der Waals surface area (Å²) in [5.41, 5.74) is 1.91. The lowest BCUT2D eigenvalue weighted by molar-refractivity contribution is -0.0996. The van der Waals surface area contributed by atoms with Gasteiger partial charge in [-0.2, -0.15) is 0 Å². The molecule has 1 fully saturated rings. The van der Waals surface area contributed by atoms with Crippen LogP contribution in [-0.2, 0) is 15.8 Å². The van der Waals surface area contributed by atoms with Crippen LogP contribution in [0.3, 0.4) is 0 Å². The van der Waals surface area contributed by atoms with E-state index in [1.807, 2.05) is 18.2 Å². The molecule has 0 unspecified atom stereocenters. The van der Waals surface area contributed by atoms with Crippen molar-refractivity contribution in [1.82, 2.24) is 0 Å². The fourth-order valence-corrected chi connectivity index (χ4v) is 13.4. The van der Waals surface area contributed by atoms with Crippen LogP contribution in [0.2, 0.25) is 16.6 Å². The van der Waals surface area contributed by atoms with Gasteiger partial charge in [-0.15, -0.1) is 0 Å². The predicted molar refractivity (Wildman–Crippen MR) is 168 cm³/mol. The number of fused-ring (bicyclic) bond motifs is 2. The molecular weight excluding hydrogens is 496 g/mol. The Bertz CT molecular complexity index is 930. The third-order valence-electron chi connectivity index (χ3n) is 10.3. The summed E-state index contributed by atoms with van der Waals surface area (Å²) in [6.07, 6.45) is 10.8. The Balaban J connectivity index is 1.68. The van der Waals surface area contributed by atoms with Crippen LogP contribution in [0.5, 0.6) is 0 Å². The van der Waals surface area contributed by atoms with E-state index in [4.69, 9.17) is 9.16 Å². The van der Waals surface area contributed by atoms with Crippen LogP contribution in [-0.4, -0.2) is 32.2 Å². The fraction of sp³-hybridized carbons (Fsp3) is 0.714. The Morgan fingerprint density at radius 3 is 2.08 bits per heavy atom. The van der Waals surface area contributed by atoms with E-state index in [1.54, 1.807) is 0 Å². The van der Waals surface area contributed by atoms with Gasteiger partial charge in [-0.25, -0.2) is 0 Å². The molecule has 39 heavy (non-hydrogen) atoms. The third kappa shape index (κ3) is 7.00. The Morgan fingerprint density at radius 2 is 1.54 bits per heavy atom. The number of allylic oxidation sites excluding steroid dienone is 1. The molecular formula is C35H58O3Si. The average Bonchev–Trinajstić information content (AvgIpc) is 2.86. The van der Waals surface area contributed by atoms with Crippen molar-refractivity contribution < 1.29 is 14.3 Å². The van der Waals surface area contributed by atoms with Crippen molar-refractivity contribution in [2.75, 3.05) is 13.2 Å². The molecule has 1 aromatic rings. The zero-order valence-electron chi connectivity index (χ0n) is 26.6. The van der Waals surface area contributed by atoms with Gasteiger partial charge in [0.05, 0.1) is 18.8 Å². The second-order valence-corrected chi connectivity index (χ2v) is 19.8. The first-order valence-electron chi connectivity index (χ1n) is 15.6. The summed E-state index contributed by atoms with van der Waals surface area (Å²) in [6.45, 7) is 25.6. The first kappa shape index (κ1) is 32.3. The van der Waals surface area contributed by atoms with Crippen LogP contribution in [0.15, 0.2) is 54.6 Å². The second-order valence-electron chi connectivity index (χ2n) is 14.3. The molecule has 0 saturated heterocycles. The molecule has 3 nitrogen and oxygen atoms in total. The van der Waals surface area contributed by atoms with E-state index >= 15 is 0 Å². The quantitative estimate of drug-likeness (QED) is 0.184. The highest BCUT2D eigenvalue weighted by molar-refractivity contribution is 6.77. The van der Waals surface area contributed by atoms with Crippen LogP contribution >= 0.6 is 0 Å². The zero-order chi connectivity index (χ0) is 29.0. The SMILES string of the molecule is CC(C)[C@H](CO[Si](C(C)C)(C(C)C)C(C)C)[C@H]1C[C@@]2(C)C=C[C@H]1C[C@@]2(O)/C=C/[C@H](C)COCc1ccccc1.